The van der Waals surface area contributed by atoms with E-state index in [0.29, 0.717) is 9.90 Å². The van der Waals surface area contributed by atoms with Crippen molar-refractivity contribution in [3.05, 3.63) is 21.2 Å². The largest absolute Gasteiger partial charge is 0.300 e. The number of fused-ring (bicyclic) bond motifs is 1. The molecular weight excluding hydrogens is 318 g/mol. The number of nitrogens with one attached hydrogen (secondary N) is 2. The van der Waals surface area contributed by atoms with Crippen LogP contribution in [0.1, 0.15) is 42.6 Å². The third-order valence-corrected chi connectivity index (χ3v) is 5.09. The van der Waals surface area contributed by atoms with E-state index in [2.05, 4.69) is 27.4 Å². The van der Waals surface area contributed by atoms with E-state index in [0.717, 1.165) is 37.2 Å². The van der Waals surface area contributed by atoms with Gasteiger partial charge in [0.25, 0.3) is 0 Å². The third kappa shape index (κ3) is 3.27. The number of H-pyrrole nitrogens is 1. The molecule has 1 aliphatic carbocycles. The average Bonchev–Trinajstić information content (AvgIpc) is 3.04. The summed E-state index contributed by atoms with van der Waals surface area (Å²) >= 11 is 6.79. The van der Waals surface area contributed by atoms with Crippen LogP contribution in [0.4, 0.5) is 5.13 Å². The topological polar surface area (TPSA) is 75.6 Å². The monoisotopic (exact) mass is 337 g/mol. The molecule has 2 heterocycles. The molecule has 0 atom stereocenters. The van der Waals surface area contributed by atoms with E-state index < -0.39 is 0 Å². The maximum atomic E-state index is 12.2. The number of nitrogens with zero attached hydrogens (tertiary/aromatic N) is 3. The highest BCUT2D eigenvalue weighted by molar-refractivity contribution is 7.71. The molecule has 6 nitrogen and oxygen atoms in total. The zero-order chi connectivity index (χ0) is 15.5. The quantitative estimate of drug-likeness (QED) is 0.823. The highest BCUT2D eigenvalue weighted by atomic mass is 32.1. The molecule has 118 valence electrons. The smallest absolute Gasteiger partial charge is 0.246 e. The Morgan fingerprint density at radius 2 is 2.27 bits per heavy atom. The molecule has 8 heteroatoms. The molecule has 0 bridgehead atoms. The van der Waals surface area contributed by atoms with Crippen molar-refractivity contribution in [1.82, 2.24) is 19.7 Å². The molecule has 0 saturated heterocycles. The van der Waals surface area contributed by atoms with Crippen LogP contribution < -0.4 is 5.32 Å². The summed E-state index contributed by atoms with van der Waals surface area (Å²) in [4.78, 5) is 18.1. The van der Waals surface area contributed by atoms with Crippen molar-refractivity contribution in [3.8, 4) is 0 Å². The number of thiazole rings is 1. The average molecular weight is 337 g/mol. The van der Waals surface area contributed by atoms with Crippen LogP contribution in [0.2, 0.25) is 0 Å². The Bertz CT molecular complexity index is 706. The summed E-state index contributed by atoms with van der Waals surface area (Å²) in [6.07, 6.45) is 6.26. The van der Waals surface area contributed by atoms with Gasteiger partial charge >= 0.3 is 0 Å². The van der Waals surface area contributed by atoms with E-state index in [9.17, 15) is 4.79 Å². The van der Waals surface area contributed by atoms with Gasteiger partial charge in [-0.1, -0.05) is 6.92 Å². The second kappa shape index (κ2) is 6.70. The molecule has 22 heavy (non-hydrogen) atoms. The number of aryl methyl sites for hydroxylation is 3. The maximum Gasteiger partial charge on any atom is 0.246 e. The number of rotatable bonds is 5. The Labute approximate surface area is 138 Å². The first-order chi connectivity index (χ1) is 10.7. The molecule has 1 aliphatic rings. The van der Waals surface area contributed by atoms with Crippen LogP contribution >= 0.6 is 23.6 Å². The van der Waals surface area contributed by atoms with Gasteiger partial charge in [-0.15, -0.1) is 11.3 Å². The lowest BCUT2D eigenvalue weighted by Crippen LogP contribution is -2.20. The van der Waals surface area contributed by atoms with Gasteiger partial charge in [-0.3, -0.25) is 14.5 Å². The minimum atomic E-state index is -0.110. The highest BCUT2D eigenvalue weighted by Crippen LogP contribution is 2.29. The molecule has 0 aliphatic heterocycles. The Morgan fingerprint density at radius 1 is 1.45 bits per heavy atom. The van der Waals surface area contributed by atoms with Gasteiger partial charge < -0.3 is 5.32 Å². The molecule has 2 N–H and O–H groups in total. The van der Waals surface area contributed by atoms with Crippen molar-refractivity contribution in [2.45, 2.75) is 52.0 Å². The van der Waals surface area contributed by atoms with Crippen molar-refractivity contribution in [3.63, 3.8) is 0 Å². The van der Waals surface area contributed by atoms with Crippen LogP contribution in [0.5, 0.6) is 0 Å². The van der Waals surface area contributed by atoms with Crippen LogP contribution in [-0.2, 0) is 30.6 Å². The molecule has 2 aromatic rings. The minimum absolute atomic E-state index is 0.110. The third-order valence-electron chi connectivity index (χ3n) is 3.70. The fourth-order valence-corrected chi connectivity index (χ4v) is 3.92. The first-order valence-electron chi connectivity index (χ1n) is 7.60. The summed E-state index contributed by atoms with van der Waals surface area (Å²) in [5.41, 5.74) is 1.15. The molecular formula is C14H19N5OS2. The van der Waals surface area contributed by atoms with E-state index in [1.165, 1.54) is 17.7 Å². The van der Waals surface area contributed by atoms with Gasteiger partial charge in [-0.25, -0.2) is 4.98 Å². The Balaban J connectivity index is 1.69. The molecule has 1 amide bonds. The molecule has 0 fully saturated rings. The lowest BCUT2D eigenvalue weighted by atomic mass is 10.0. The van der Waals surface area contributed by atoms with Crippen LogP contribution in [-0.4, -0.2) is 25.7 Å². The van der Waals surface area contributed by atoms with Gasteiger partial charge in [-0.05, 0) is 44.3 Å². The lowest BCUT2D eigenvalue weighted by Gasteiger charge is -2.06. The van der Waals surface area contributed by atoms with E-state index in [1.54, 1.807) is 15.9 Å². The highest BCUT2D eigenvalue weighted by Gasteiger charge is 2.17. The lowest BCUT2D eigenvalue weighted by molar-refractivity contribution is -0.116. The van der Waals surface area contributed by atoms with Gasteiger partial charge in [0.2, 0.25) is 5.91 Å². The van der Waals surface area contributed by atoms with Gasteiger partial charge in [0, 0.05) is 11.3 Å². The Morgan fingerprint density at radius 3 is 3.05 bits per heavy atom. The number of hydrogen-bond acceptors (Lipinski definition) is 5. The van der Waals surface area contributed by atoms with Gasteiger partial charge in [0.05, 0.1) is 5.69 Å². The number of hydrogen-bond donors (Lipinski definition) is 2. The Hall–Kier alpha value is -1.54. The first-order valence-corrected chi connectivity index (χ1v) is 8.82. The van der Waals surface area contributed by atoms with E-state index in [4.69, 9.17) is 12.2 Å². The van der Waals surface area contributed by atoms with E-state index in [1.807, 2.05) is 0 Å². The van der Waals surface area contributed by atoms with Crippen LogP contribution in [0.25, 0.3) is 0 Å². The minimum Gasteiger partial charge on any atom is -0.300 e. The summed E-state index contributed by atoms with van der Waals surface area (Å²) in [7, 11) is 0. The Kier molecular flexibility index (Phi) is 4.68. The van der Waals surface area contributed by atoms with Crippen molar-refractivity contribution in [1.29, 1.82) is 0 Å². The van der Waals surface area contributed by atoms with Crippen molar-refractivity contribution >= 4 is 34.6 Å². The number of amides is 1. The second-order valence-electron chi connectivity index (χ2n) is 5.43. The predicted octanol–water partition coefficient (Wildman–Crippen LogP) is 2.87. The summed E-state index contributed by atoms with van der Waals surface area (Å²) in [6.45, 7) is 2.25. The molecule has 2 aromatic heterocycles. The maximum absolute atomic E-state index is 12.2. The summed E-state index contributed by atoms with van der Waals surface area (Å²) in [5.74, 6) is 0.710. The number of anilines is 1. The van der Waals surface area contributed by atoms with Gasteiger partial charge in [-0.2, -0.15) is 5.10 Å². The number of carbonyl (C=O) groups excluding carboxylic acids is 1. The van der Waals surface area contributed by atoms with Crippen LogP contribution in [0, 0.1) is 4.77 Å². The second-order valence-corrected chi connectivity index (χ2v) is 6.90. The van der Waals surface area contributed by atoms with Crippen molar-refractivity contribution in [2.24, 2.45) is 0 Å². The summed E-state index contributed by atoms with van der Waals surface area (Å²) < 4.78 is 2.24. The number of carbonyl (C=O) groups is 1. The standard InChI is InChI=1S/C14H19N5OS2/c1-2-5-11-17-18-14(21)19(11)8-12(20)16-13-15-9-6-3-4-7-10(9)22-13/h2-8H2,1H3,(H,18,21)(H,15,16,20). The van der Waals surface area contributed by atoms with E-state index >= 15 is 0 Å². The van der Waals surface area contributed by atoms with Crippen LogP contribution in [0.15, 0.2) is 0 Å². The SMILES string of the molecule is CCCc1n[nH]c(=S)n1CC(=O)Nc1nc2c(s1)CCCC2. The normalized spacial score (nSPS) is 13.9. The molecule has 0 saturated carbocycles. The molecule has 0 aromatic carbocycles. The molecule has 3 rings (SSSR count). The zero-order valence-corrected chi connectivity index (χ0v) is 14.1. The number of aromatic nitrogens is 4. The number of aromatic amines is 1. The zero-order valence-electron chi connectivity index (χ0n) is 12.5. The molecule has 0 radical (unpaired) electrons. The van der Waals surface area contributed by atoms with Crippen molar-refractivity contribution in [2.75, 3.05) is 5.32 Å². The van der Waals surface area contributed by atoms with E-state index in [-0.39, 0.29) is 12.5 Å². The van der Waals surface area contributed by atoms with Crippen molar-refractivity contribution < 1.29 is 4.79 Å². The first kappa shape index (κ1) is 15.4. The predicted molar refractivity (Wildman–Crippen MR) is 88.8 cm³/mol. The van der Waals surface area contributed by atoms with Crippen LogP contribution in [0.3, 0.4) is 0 Å². The fourth-order valence-electron chi connectivity index (χ4n) is 2.64. The summed E-state index contributed by atoms with van der Waals surface area (Å²) in [5, 5.41) is 10.5. The molecule has 0 spiro atoms. The van der Waals surface area contributed by atoms with Gasteiger partial charge in [0.1, 0.15) is 12.4 Å². The van der Waals surface area contributed by atoms with Gasteiger partial charge in [0.15, 0.2) is 9.90 Å². The fraction of sp³-hybridized carbons (Fsp3) is 0.571. The summed E-state index contributed by atoms with van der Waals surface area (Å²) in [6, 6.07) is 0. The molecule has 0 unspecified atom stereocenters.